The number of furan rings is 2. The summed E-state index contributed by atoms with van der Waals surface area (Å²) in [4.78, 5) is 4.84. The summed E-state index contributed by atoms with van der Waals surface area (Å²) in [5.41, 5.74) is 14.9. The summed E-state index contributed by atoms with van der Waals surface area (Å²) in [5.74, 6) is 0. The van der Waals surface area contributed by atoms with Crippen LogP contribution in [0.4, 0.5) is 34.1 Å². The van der Waals surface area contributed by atoms with Crippen molar-refractivity contribution in [2.75, 3.05) is 9.80 Å². The highest BCUT2D eigenvalue weighted by Gasteiger charge is 2.29. The molecule has 2 heterocycles. The zero-order valence-corrected chi connectivity index (χ0v) is 40.3. The van der Waals surface area contributed by atoms with Crippen LogP contribution < -0.4 is 9.80 Å². The molecule has 0 aliphatic rings. The van der Waals surface area contributed by atoms with Crippen LogP contribution in [0.2, 0.25) is 0 Å². The van der Waals surface area contributed by atoms with E-state index in [4.69, 9.17) is 8.83 Å². The fraction of sp³-hybridized carbons (Fsp3) is 0.188. The lowest BCUT2D eigenvalue weighted by Gasteiger charge is -2.29. The van der Waals surface area contributed by atoms with Crippen molar-refractivity contribution in [2.24, 2.45) is 0 Å². The van der Waals surface area contributed by atoms with Crippen molar-refractivity contribution in [2.45, 2.75) is 79.1 Å². The van der Waals surface area contributed by atoms with E-state index >= 15 is 0 Å². The van der Waals surface area contributed by atoms with Crippen LogP contribution in [0.1, 0.15) is 76.6 Å². The van der Waals surface area contributed by atoms with E-state index in [2.05, 4.69) is 235 Å². The highest BCUT2D eigenvalue weighted by Crippen LogP contribution is 2.51. The third kappa shape index (κ3) is 6.34. The summed E-state index contributed by atoms with van der Waals surface area (Å²) in [5, 5.41) is 11.7. The van der Waals surface area contributed by atoms with Gasteiger partial charge in [0.2, 0.25) is 0 Å². The second-order valence-electron chi connectivity index (χ2n) is 20.3. The van der Waals surface area contributed by atoms with Gasteiger partial charge in [0.05, 0.1) is 22.7 Å². The summed E-state index contributed by atoms with van der Waals surface area (Å²) >= 11 is 0. The van der Waals surface area contributed by atoms with Crippen LogP contribution in [0, 0.1) is 13.8 Å². The van der Waals surface area contributed by atoms with E-state index in [1.807, 2.05) is 0 Å². The molecular formula is C64H56N2O2. The maximum atomic E-state index is 7.14. The third-order valence-corrected chi connectivity index (χ3v) is 15.3. The van der Waals surface area contributed by atoms with Crippen LogP contribution in [-0.2, 0) is 10.8 Å². The van der Waals surface area contributed by atoms with E-state index in [1.165, 1.54) is 54.6 Å². The Morgan fingerprint density at radius 3 is 1.13 bits per heavy atom. The van der Waals surface area contributed by atoms with Crippen molar-refractivity contribution >= 4 is 110 Å². The van der Waals surface area contributed by atoms with Crippen molar-refractivity contribution in [1.29, 1.82) is 0 Å². The minimum atomic E-state index is -0.0441. The molecule has 334 valence electrons. The van der Waals surface area contributed by atoms with Gasteiger partial charge in [-0.3, -0.25) is 0 Å². The van der Waals surface area contributed by atoms with Crippen LogP contribution in [0.15, 0.2) is 179 Å². The molecule has 0 amide bonds. The van der Waals surface area contributed by atoms with Gasteiger partial charge in [0.25, 0.3) is 0 Å². The molecule has 68 heavy (non-hydrogen) atoms. The second kappa shape index (κ2) is 15.5. The molecule has 0 N–H and O–H groups in total. The molecule has 0 aliphatic carbocycles. The normalized spacial score (nSPS) is 12.5. The number of rotatable bonds is 10. The number of para-hydroxylation sites is 4. The fourth-order valence-electron chi connectivity index (χ4n) is 10.9. The summed E-state index contributed by atoms with van der Waals surface area (Å²) in [6.45, 7) is 18.1. The van der Waals surface area contributed by atoms with Crippen LogP contribution in [0.3, 0.4) is 0 Å². The lowest BCUT2D eigenvalue weighted by molar-refractivity contribution is 0.500. The van der Waals surface area contributed by atoms with Crippen LogP contribution in [0.5, 0.6) is 0 Å². The van der Waals surface area contributed by atoms with E-state index in [1.54, 1.807) is 0 Å². The van der Waals surface area contributed by atoms with Crippen molar-refractivity contribution in [3.63, 3.8) is 0 Å². The molecule has 0 saturated heterocycles. The third-order valence-electron chi connectivity index (χ3n) is 15.3. The van der Waals surface area contributed by atoms with E-state index < -0.39 is 0 Å². The molecule has 12 aromatic rings. The van der Waals surface area contributed by atoms with Crippen molar-refractivity contribution in [3.05, 3.63) is 192 Å². The van der Waals surface area contributed by atoms with Gasteiger partial charge < -0.3 is 18.6 Å². The Balaban J connectivity index is 1.12. The number of hydrogen-bond donors (Lipinski definition) is 0. The Labute approximate surface area is 398 Å². The lowest BCUT2D eigenvalue weighted by Crippen LogP contribution is -2.15. The Hall–Kier alpha value is -7.56. The van der Waals surface area contributed by atoms with E-state index in [-0.39, 0.29) is 10.8 Å². The van der Waals surface area contributed by atoms with Gasteiger partial charge in [-0.1, -0.05) is 163 Å². The summed E-state index contributed by atoms with van der Waals surface area (Å²) in [6.07, 6.45) is 2.01. The quantitative estimate of drug-likeness (QED) is 0.128. The van der Waals surface area contributed by atoms with E-state index in [0.717, 1.165) is 90.8 Å². The predicted octanol–water partition coefficient (Wildman–Crippen LogP) is 19.3. The lowest BCUT2D eigenvalue weighted by atomic mass is 9.81. The smallest absolute Gasteiger partial charge is 0.159 e. The number of aryl methyl sites for hydroxylation is 2. The molecule has 0 bridgehead atoms. The molecule has 0 spiro atoms. The molecule has 0 aliphatic heterocycles. The Morgan fingerprint density at radius 2 is 0.735 bits per heavy atom. The van der Waals surface area contributed by atoms with Gasteiger partial charge in [-0.15, -0.1) is 0 Å². The Morgan fingerprint density at radius 1 is 0.368 bits per heavy atom. The molecule has 0 atom stereocenters. The minimum absolute atomic E-state index is 0.0441. The number of hydrogen-bond acceptors (Lipinski definition) is 4. The van der Waals surface area contributed by atoms with E-state index in [0.29, 0.717) is 0 Å². The first kappa shape index (κ1) is 41.8. The van der Waals surface area contributed by atoms with Crippen LogP contribution in [-0.4, -0.2) is 0 Å². The molecule has 10 aromatic carbocycles. The maximum absolute atomic E-state index is 7.14. The maximum Gasteiger partial charge on any atom is 0.159 e. The first-order valence-electron chi connectivity index (χ1n) is 24.3. The Bertz CT molecular complexity index is 3680. The van der Waals surface area contributed by atoms with Crippen LogP contribution in [0.25, 0.3) is 76.2 Å². The summed E-state index contributed by atoms with van der Waals surface area (Å²) < 4.78 is 14.3. The van der Waals surface area contributed by atoms with Crippen LogP contribution >= 0.6 is 0 Å². The summed E-state index contributed by atoms with van der Waals surface area (Å²) in [6, 6.07) is 62.7. The van der Waals surface area contributed by atoms with Gasteiger partial charge in [0.15, 0.2) is 11.2 Å². The molecule has 2 aromatic heterocycles. The van der Waals surface area contributed by atoms with Gasteiger partial charge in [0.1, 0.15) is 11.2 Å². The molecule has 0 fully saturated rings. The number of nitrogens with zero attached hydrogens (tertiary/aromatic N) is 2. The second-order valence-corrected chi connectivity index (χ2v) is 20.3. The molecule has 0 unspecified atom stereocenters. The van der Waals surface area contributed by atoms with Gasteiger partial charge in [-0.05, 0) is 119 Å². The number of benzene rings is 10. The largest absolute Gasteiger partial charge is 0.454 e. The first-order valence-corrected chi connectivity index (χ1v) is 24.3. The molecular weight excluding hydrogens is 829 g/mol. The number of fused-ring (bicyclic) bond motifs is 6. The van der Waals surface area contributed by atoms with Crippen molar-refractivity contribution < 1.29 is 8.83 Å². The highest BCUT2D eigenvalue weighted by molar-refractivity contribution is 6.29. The molecule has 0 saturated carbocycles. The highest BCUT2D eigenvalue weighted by atomic mass is 16.3. The van der Waals surface area contributed by atoms with Gasteiger partial charge in [-0.25, -0.2) is 0 Å². The topological polar surface area (TPSA) is 32.8 Å². The molecule has 0 radical (unpaired) electrons. The predicted molar refractivity (Wildman–Crippen MR) is 290 cm³/mol. The van der Waals surface area contributed by atoms with E-state index in [9.17, 15) is 0 Å². The van der Waals surface area contributed by atoms with Crippen molar-refractivity contribution in [1.82, 2.24) is 0 Å². The zero-order chi connectivity index (χ0) is 46.6. The minimum Gasteiger partial charge on any atom is -0.454 e. The fourth-order valence-corrected chi connectivity index (χ4v) is 10.9. The standard InChI is InChI=1S/C64H56N2O2/c1-9-63(5,6)51-25-13-21-45-47-23-15-27-55(61(47)67-59(45)51)65(43-19-11-17-39(3)37-43)53-35-31-41-30-34-50-54(36-32-42-29-33-49(53)57(41)58(42)50)66(44-20-12-18-40(4)38-44)56-28-16-24-48-46-22-14-26-52(64(7,8)10-2)60(46)68-62(48)56/h11-38H,9-10H2,1-8H3. The zero-order valence-electron chi connectivity index (χ0n) is 40.3. The van der Waals surface area contributed by atoms with Gasteiger partial charge in [0, 0.05) is 54.8 Å². The van der Waals surface area contributed by atoms with Gasteiger partial charge in [-0.2, -0.15) is 0 Å². The van der Waals surface area contributed by atoms with Crippen molar-refractivity contribution in [3.8, 4) is 0 Å². The average Bonchev–Trinajstić information content (AvgIpc) is 3.94. The average molecular weight is 885 g/mol. The van der Waals surface area contributed by atoms with Gasteiger partial charge >= 0.3 is 0 Å². The number of anilines is 6. The molecule has 4 heteroatoms. The monoisotopic (exact) mass is 884 g/mol. The first-order chi connectivity index (χ1) is 33.0. The SMILES string of the molecule is CCC(C)(C)c1cccc2c1oc1c(N(c3cccc(C)c3)c3ccc4ccc5c(N(c6cccc(C)c6)c6cccc7c6oc6c(C(C)(C)CC)cccc67)ccc6ccc3c4c65)cccc12. The Kier molecular flexibility index (Phi) is 9.54. The molecule has 12 rings (SSSR count). The molecule has 4 nitrogen and oxygen atoms in total. The summed E-state index contributed by atoms with van der Waals surface area (Å²) in [7, 11) is 0.